The van der Waals surface area contributed by atoms with Gasteiger partial charge in [0.15, 0.2) is 0 Å². The summed E-state index contributed by atoms with van der Waals surface area (Å²) in [6.07, 6.45) is 8.60. The number of aliphatic hydroxyl groups excluding tert-OH is 1. The van der Waals surface area contributed by atoms with Crippen LogP contribution in [0.15, 0.2) is 30.9 Å². The van der Waals surface area contributed by atoms with Crippen LogP contribution in [0.2, 0.25) is 0 Å². The summed E-state index contributed by atoms with van der Waals surface area (Å²) >= 11 is 0. The maximum Gasteiger partial charge on any atom is 0.0640 e. The molecule has 0 aliphatic heterocycles. The standard InChI is InChI=1S/C12H19N5O/c18-8-7-17-11-12(10-15-17)9-13-3-1-5-16-6-2-4-14-16/h2,4,6,10-11,13,18H,1,3,5,7-9H2. The summed E-state index contributed by atoms with van der Waals surface area (Å²) in [6.45, 7) is 3.37. The number of aryl methyl sites for hydroxylation is 1. The van der Waals surface area contributed by atoms with Crippen LogP contribution in [0.25, 0.3) is 0 Å². The molecule has 0 aromatic carbocycles. The van der Waals surface area contributed by atoms with Crippen molar-refractivity contribution in [1.29, 1.82) is 0 Å². The highest BCUT2D eigenvalue weighted by molar-refractivity contribution is 5.03. The maximum absolute atomic E-state index is 8.78. The highest BCUT2D eigenvalue weighted by Gasteiger charge is 1.97. The molecule has 0 spiro atoms. The molecule has 0 bridgehead atoms. The SMILES string of the molecule is OCCn1cc(CNCCCn2cccn2)cn1. The van der Waals surface area contributed by atoms with Crippen LogP contribution in [0.1, 0.15) is 12.0 Å². The molecule has 0 amide bonds. The van der Waals surface area contributed by atoms with E-state index >= 15 is 0 Å². The van der Waals surface area contributed by atoms with Gasteiger partial charge >= 0.3 is 0 Å². The molecule has 6 nitrogen and oxygen atoms in total. The number of hydrogen-bond acceptors (Lipinski definition) is 4. The van der Waals surface area contributed by atoms with E-state index in [1.807, 2.05) is 29.3 Å². The molecule has 0 unspecified atom stereocenters. The molecule has 18 heavy (non-hydrogen) atoms. The Labute approximate surface area is 106 Å². The van der Waals surface area contributed by atoms with Crippen LogP contribution >= 0.6 is 0 Å². The first-order valence-electron chi connectivity index (χ1n) is 6.19. The van der Waals surface area contributed by atoms with Gasteiger partial charge in [0.2, 0.25) is 0 Å². The quantitative estimate of drug-likeness (QED) is 0.658. The van der Waals surface area contributed by atoms with Crippen molar-refractivity contribution in [2.45, 2.75) is 26.1 Å². The van der Waals surface area contributed by atoms with Crippen molar-refractivity contribution in [2.75, 3.05) is 13.2 Å². The molecule has 6 heteroatoms. The molecular formula is C12H19N5O. The second-order valence-corrected chi connectivity index (χ2v) is 4.13. The lowest BCUT2D eigenvalue weighted by Gasteiger charge is -2.03. The molecule has 2 heterocycles. The first-order chi connectivity index (χ1) is 8.88. The molecule has 0 aliphatic rings. The Bertz CT molecular complexity index is 437. The zero-order chi connectivity index (χ0) is 12.6. The second-order valence-electron chi connectivity index (χ2n) is 4.13. The molecule has 2 aromatic rings. The fourth-order valence-corrected chi connectivity index (χ4v) is 1.75. The number of nitrogens with zero attached hydrogens (tertiary/aromatic N) is 4. The number of aromatic nitrogens is 4. The molecule has 0 saturated heterocycles. The predicted octanol–water partition coefficient (Wildman–Crippen LogP) is 0.252. The number of aliphatic hydroxyl groups is 1. The lowest BCUT2D eigenvalue weighted by molar-refractivity contribution is 0.269. The first-order valence-corrected chi connectivity index (χ1v) is 6.19. The van der Waals surface area contributed by atoms with E-state index in [-0.39, 0.29) is 6.61 Å². The van der Waals surface area contributed by atoms with Crippen molar-refractivity contribution in [1.82, 2.24) is 24.9 Å². The minimum absolute atomic E-state index is 0.123. The fourth-order valence-electron chi connectivity index (χ4n) is 1.75. The molecule has 0 saturated carbocycles. The van der Waals surface area contributed by atoms with Crippen molar-refractivity contribution in [2.24, 2.45) is 0 Å². The zero-order valence-corrected chi connectivity index (χ0v) is 10.4. The van der Waals surface area contributed by atoms with E-state index in [0.29, 0.717) is 6.54 Å². The third-order valence-corrected chi connectivity index (χ3v) is 2.64. The molecular weight excluding hydrogens is 230 g/mol. The summed E-state index contributed by atoms with van der Waals surface area (Å²) in [5.74, 6) is 0. The zero-order valence-electron chi connectivity index (χ0n) is 10.4. The Morgan fingerprint density at radius 3 is 2.94 bits per heavy atom. The van der Waals surface area contributed by atoms with Gasteiger partial charge in [-0.25, -0.2) is 0 Å². The Kier molecular flexibility index (Phi) is 4.92. The highest BCUT2D eigenvalue weighted by Crippen LogP contribution is 1.97. The van der Waals surface area contributed by atoms with Gasteiger partial charge in [0, 0.05) is 37.2 Å². The fraction of sp³-hybridized carbons (Fsp3) is 0.500. The summed E-state index contributed by atoms with van der Waals surface area (Å²) in [6, 6.07) is 1.93. The molecule has 2 aromatic heterocycles. The maximum atomic E-state index is 8.78. The predicted molar refractivity (Wildman–Crippen MR) is 67.9 cm³/mol. The third kappa shape index (κ3) is 3.97. The topological polar surface area (TPSA) is 67.9 Å². The van der Waals surface area contributed by atoms with E-state index < -0.39 is 0 Å². The van der Waals surface area contributed by atoms with Gasteiger partial charge in [0.1, 0.15) is 0 Å². The Morgan fingerprint density at radius 2 is 2.17 bits per heavy atom. The molecule has 2 rings (SSSR count). The summed E-state index contributed by atoms with van der Waals surface area (Å²) in [4.78, 5) is 0. The number of nitrogens with one attached hydrogen (secondary N) is 1. The van der Waals surface area contributed by atoms with Crippen molar-refractivity contribution < 1.29 is 5.11 Å². The van der Waals surface area contributed by atoms with Crippen LogP contribution in [-0.4, -0.2) is 37.8 Å². The van der Waals surface area contributed by atoms with E-state index in [1.165, 1.54) is 0 Å². The Morgan fingerprint density at radius 1 is 1.22 bits per heavy atom. The van der Waals surface area contributed by atoms with Crippen LogP contribution in [0, 0.1) is 0 Å². The average Bonchev–Trinajstić information content (AvgIpc) is 3.01. The Balaban J connectivity index is 1.59. The minimum Gasteiger partial charge on any atom is -0.394 e. The molecule has 2 N–H and O–H groups in total. The van der Waals surface area contributed by atoms with Crippen LogP contribution in [-0.2, 0) is 19.6 Å². The lowest BCUT2D eigenvalue weighted by atomic mass is 10.3. The molecule has 0 atom stereocenters. The van der Waals surface area contributed by atoms with Gasteiger partial charge in [-0.3, -0.25) is 9.36 Å². The molecule has 0 fully saturated rings. The number of rotatable bonds is 8. The third-order valence-electron chi connectivity index (χ3n) is 2.64. The number of hydrogen-bond donors (Lipinski definition) is 2. The van der Waals surface area contributed by atoms with E-state index in [4.69, 9.17) is 5.11 Å². The van der Waals surface area contributed by atoms with Crippen LogP contribution in [0.5, 0.6) is 0 Å². The van der Waals surface area contributed by atoms with Crippen LogP contribution in [0.3, 0.4) is 0 Å². The smallest absolute Gasteiger partial charge is 0.0640 e. The van der Waals surface area contributed by atoms with E-state index in [2.05, 4.69) is 15.5 Å². The van der Waals surface area contributed by atoms with Gasteiger partial charge in [-0.2, -0.15) is 10.2 Å². The van der Waals surface area contributed by atoms with E-state index in [1.54, 1.807) is 10.9 Å². The van der Waals surface area contributed by atoms with Gasteiger partial charge in [-0.05, 0) is 19.0 Å². The second kappa shape index (κ2) is 6.93. The normalized spacial score (nSPS) is 10.9. The van der Waals surface area contributed by atoms with Gasteiger partial charge in [-0.15, -0.1) is 0 Å². The van der Waals surface area contributed by atoms with Crippen molar-refractivity contribution in [3.63, 3.8) is 0 Å². The van der Waals surface area contributed by atoms with Crippen LogP contribution < -0.4 is 5.32 Å². The molecule has 0 radical (unpaired) electrons. The summed E-state index contributed by atoms with van der Waals surface area (Å²) in [7, 11) is 0. The highest BCUT2D eigenvalue weighted by atomic mass is 16.3. The first kappa shape index (κ1) is 12.8. The summed E-state index contributed by atoms with van der Waals surface area (Å²) in [5, 5.41) is 20.4. The van der Waals surface area contributed by atoms with E-state index in [9.17, 15) is 0 Å². The van der Waals surface area contributed by atoms with Crippen molar-refractivity contribution in [3.05, 3.63) is 36.4 Å². The van der Waals surface area contributed by atoms with Gasteiger partial charge in [0.05, 0.1) is 19.3 Å². The lowest BCUT2D eigenvalue weighted by Crippen LogP contribution is -2.16. The molecule has 98 valence electrons. The average molecular weight is 249 g/mol. The largest absolute Gasteiger partial charge is 0.394 e. The van der Waals surface area contributed by atoms with E-state index in [0.717, 1.165) is 31.6 Å². The van der Waals surface area contributed by atoms with Gasteiger partial charge in [0.25, 0.3) is 0 Å². The van der Waals surface area contributed by atoms with Crippen LogP contribution in [0.4, 0.5) is 0 Å². The van der Waals surface area contributed by atoms with Gasteiger partial charge in [-0.1, -0.05) is 0 Å². The van der Waals surface area contributed by atoms with Crippen molar-refractivity contribution >= 4 is 0 Å². The summed E-state index contributed by atoms with van der Waals surface area (Å²) < 4.78 is 3.68. The monoisotopic (exact) mass is 249 g/mol. The minimum atomic E-state index is 0.123. The van der Waals surface area contributed by atoms with Gasteiger partial charge < -0.3 is 10.4 Å². The summed E-state index contributed by atoms with van der Waals surface area (Å²) in [5.41, 5.74) is 1.14. The molecule has 0 aliphatic carbocycles. The Hall–Kier alpha value is -1.66. The van der Waals surface area contributed by atoms with Crippen molar-refractivity contribution in [3.8, 4) is 0 Å².